The average molecular weight is 287 g/mol. The predicted molar refractivity (Wildman–Crippen MR) is 77.9 cm³/mol. The van der Waals surface area contributed by atoms with Crippen molar-refractivity contribution in [1.29, 1.82) is 0 Å². The van der Waals surface area contributed by atoms with Gasteiger partial charge in [-0.1, -0.05) is 20.8 Å². The highest BCUT2D eigenvalue weighted by atomic mass is 16.5. The quantitative estimate of drug-likeness (QED) is 0.602. The Kier molecular flexibility index (Phi) is 7.48. The Morgan fingerprint density at radius 1 is 1.45 bits per heavy atom. The van der Waals surface area contributed by atoms with E-state index in [9.17, 15) is 9.90 Å². The maximum atomic E-state index is 11.5. The first-order chi connectivity index (χ1) is 9.50. The van der Waals surface area contributed by atoms with E-state index < -0.39 is 11.5 Å². The second-order valence-corrected chi connectivity index (χ2v) is 6.02. The van der Waals surface area contributed by atoms with E-state index >= 15 is 0 Å². The Balaban J connectivity index is 2.28. The largest absolute Gasteiger partial charge is 0.480 e. The van der Waals surface area contributed by atoms with E-state index in [0.29, 0.717) is 32.0 Å². The zero-order valence-corrected chi connectivity index (χ0v) is 13.0. The van der Waals surface area contributed by atoms with E-state index in [-0.39, 0.29) is 6.10 Å². The first kappa shape index (κ1) is 17.4. The Morgan fingerprint density at radius 3 is 2.80 bits per heavy atom. The van der Waals surface area contributed by atoms with Crippen LogP contribution in [0.4, 0.5) is 0 Å². The number of nitrogens with one attached hydrogen (secondary N) is 1. The molecule has 5 heteroatoms. The molecule has 118 valence electrons. The Hall–Kier alpha value is -0.650. The third-order valence-electron chi connectivity index (χ3n) is 3.62. The van der Waals surface area contributed by atoms with Crippen molar-refractivity contribution in [3.63, 3.8) is 0 Å². The Bertz CT molecular complexity index is 296. The van der Waals surface area contributed by atoms with Crippen LogP contribution in [-0.4, -0.2) is 49.1 Å². The van der Waals surface area contributed by atoms with Crippen LogP contribution in [0.2, 0.25) is 0 Å². The number of hydrogen-bond acceptors (Lipinski definition) is 4. The zero-order chi connectivity index (χ0) is 15.0. The van der Waals surface area contributed by atoms with E-state index in [1.807, 2.05) is 6.92 Å². The number of hydrogen-bond donors (Lipinski definition) is 2. The molecule has 1 fully saturated rings. The van der Waals surface area contributed by atoms with Crippen LogP contribution >= 0.6 is 0 Å². The smallest absolute Gasteiger partial charge is 0.323 e. The fourth-order valence-corrected chi connectivity index (χ4v) is 2.53. The van der Waals surface area contributed by atoms with Gasteiger partial charge in [-0.25, -0.2) is 0 Å². The molecule has 5 nitrogen and oxygen atoms in total. The molecule has 1 saturated carbocycles. The van der Waals surface area contributed by atoms with Gasteiger partial charge in [0.05, 0.1) is 19.3 Å². The number of rotatable bonds is 10. The van der Waals surface area contributed by atoms with Gasteiger partial charge < -0.3 is 19.9 Å². The standard InChI is InChI=1S/C15H29NO4/c1-4-7-16-15(14(17)18)6-5-13(10-15)20-9-8-19-11-12(2)3/h12-13,16H,4-11H2,1-3H3,(H,17,18). The number of carbonyl (C=O) groups is 1. The lowest BCUT2D eigenvalue weighted by Gasteiger charge is -2.25. The summed E-state index contributed by atoms with van der Waals surface area (Å²) >= 11 is 0. The molecular formula is C15H29NO4. The van der Waals surface area contributed by atoms with Gasteiger partial charge in [0.1, 0.15) is 5.54 Å². The number of carboxylic acid groups (broad SMARTS) is 1. The van der Waals surface area contributed by atoms with E-state index in [2.05, 4.69) is 19.2 Å². The van der Waals surface area contributed by atoms with Crippen molar-refractivity contribution < 1.29 is 19.4 Å². The first-order valence-electron chi connectivity index (χ1n) is 7.68. The monoisotopic (exact) mass is 287 g/mol. The molecule has 1 aliphatic carbocycles. The Labute approximate surface area is 122 Å². The molecule has 20 heavy (non-hydrogen) atoms. The van der Waals surface area contributed by atoms with Crippen LogP contribution in [-0.2, 0) is 14.3 Å². The average Bonchev–Trinajstić information content (AvgIpc) is 2.80. The van der Waals surface area contributed by atoms with E-state index in [4.69, 9.17) is 9.47 Å². The third kappa shape index (κ3) is 5.38. The molecule has 0 aromatic rings. The summed E-state index contributed by atoms with van der Waals surface area (Å²) in [6, 6.07) is 0. The molecule has 0 amide bonds. The molecule has 0 radical (unpaired) electrons. The van der Waals surface area contributed by atoms with Crippen molar-refractivity contribution in [2.75, 3.05) is 26.4 Å². The molecule has 0 aliphatic heterocycles. The lowest BCUT2D eigenvalue weighted by molar-refractivity contribution is -0.145. The van der Waals surface area contributed by atoms with Gasteiger partial charge in [-0.05, 0) is 31.7 Å². The number of ether oxygens (including phenoxy) is 2. The fourth-order valence-electron chi connectivity index (χ4n) is 2.53. The Morgan fingerprint density at radius 2 is 2.20 bits per heavy atom. The van der Waals surface area contributed by atoms with Gasteiger partial charge in [-0.3, -0.25) is 4.79 Å². The zero-order valence-electron chi connectivity index (χ0n) is 13.0. The molecule has 0 saturated heterocycles. The molecule has 2 atom stereocenters. The summed E-state index contributed by atoms with van der Waals surface area (Å²) in [5.41, 5.74) is -0.792. The normalized spacial score (nSPS) is 26.3. The van der Waals surface area contributed by atoms with Crippen molar-refractivity contribution in [3.05, 3.63) is 0 Å². The molecule has 0 aromatic heterocycles. The molecule has 0 heterocycles. The van der Waals surface area contributed by atoms with Gasteiger partial charge in [0.2, 0.25) is 0 Å². The molecule has 0 aromatic carbocycles. The summed E-state index contributed by atoms with van der Waals surface area (Å²) < 4.78 is 11.2. The summed E-state index contributed by atoms with van der Waals surface area (Å²) in [5.74, 6) is -0.229. The highest BCUT2D eigenvalue weighted by Crippen LogP contribution is 2.32. The summed E-state index contributed by atoms with van der Waals surface area (Å²) in [6.07, 6.45) is 2.95. The first-order valence-corrected chi connectivity index (χ1v) is 7.68. The fraction of sp³-hybridized carbons (Fsp3) is 0.933. The van der Waals surface area contributed by atoms with Crippen LogP contribution in [0.25, 0.3) is 0 Å². The predicted octanol–water partition coefficient (Wildman–Crippen LogP) is 2.05. The lowest BCUT2D eigenvalue weighted by atomic mass is 9.97. The minimum atomic E-state index is -0.792. The summed E-state index contributed by atoms with van der Waals surface area (Å²) in [7, 11) is 0. The van der Waals surface area contributed by atoms with Gasteiger partial charge in [-0.2, -0.15) is 0 Å². The van der Waals surface area contributed by atoms with Gasteiger partial charge in [0, 0.05) is 13.0 Å². The van der Waals surface area contributed by atoms with E-state index in [1.54, 1.807) is 0 Å². The van der Waals surface area contributed by atoms with Gasteiger partial charge in [0.25, 0.3) is 0 Å². The van der Waals surface area contributed by atoms with E-state index in [0.717, 1.165) is 26.0 Å². The second kappa shape index (κ2) is 8.60. The maximum absolute atomic E-state index is 11.5. The summed E-state index contributed by atoms with van der Waals surface area (Å²) in [6.45, 7) is 8.86. The molecule has 1 rings (SSSR count). The van der Waals surface area contributed by atoms with Crippen molar-refractivity contribution in [3.8, 4) is 0 Å². The molecule has 2 N–H and O–H groups in total. The van der Waals surface area contributed by atoms with Crippen LogP contribution in [0.5, 0.6) is 0 Å². The number of carboxylic acids is 1. The van der Waals surface area contributed by atoms with Crippen LogP contribution in [0.3, 0.4) is 0 Å². The van der Waals surface area contributed by atoms with Gasteiger partial charge in [-0.15, -0.1) is 0 Å². The highest BCUT2D eigenvalue weighted by molar-refractivity contribution is 5.79. The molecule has 0 spiro atoms. The SMILES string of the molecule is CCCNC1(C(=O)O)CCC(OCCOCC(C)C)C1. The van der Waals surface area contributed by atoms with Gasteiger partial charge >= 0.3 is 5.97 Å². The summed E-state index contributed by atoms with van der Waals surface area (Å²) in [4.78, 5) is 11.5. The van der Waals surface area contributed by atoms with Crippen molar-refractivity contribution in [2.24, 2.45) is 5.92 Å². The van der Waals surface area contributed by atoms with Gasteiger partial charge in [0.15, 0.2) is 0 Å². The van der Waals surface area contributed by atoms with E-state index in [1.165, 1.54) is 0 Å². The van der Waals surface area contributed by atoms with Crippen molar-refractivity contribution in [1.82, 2.24) is 5.32 Å². The second-order valence-electron chi connectivity index (χ2n) is 6.02. The molecule has 1 aliphatic rings. The van der Waals surface area contributed by atoms with Crippen LogP contribution < -0.4 is 5.32 Å². The topological polar surface area (TPSA) is 67.8 Å². The minimum Gasteiger partial charge on any atom is -0.480 e. The lowest BCUT2D eigenvalue weighted by Crippen LogP contribution is -2.50. The summed E-state index contributed by atoms with van der Waals surface area (Å²) in [5, 5.41) is 12.6. The minimum absolute atomic E-state index is 0.0260. The van der Waals surface area contributed by atoms with Crippen molar-refractivity contribution in [2.45, 2.75) is 58.1 Å². The number of aliphatic carboxylic acids is 1. The molecule has 0 bridgehead atoms. The van der Waals surface area contributed by atoms with Crippen LogP contribution in [0.15, 0.2) is 0 Å². The highest BCUT2D eigenvalue weighted by Gasteiger charge is 2.45. The molecule has 2 unspecified atom stereocenters. The van der Waals surface area contributed by atoms with Crippen LogP contribution in [0.1, 0.15) is 46.5 Å². The third-order valence-corrected chi connectivity index (χ3v) is 3.62. The maximum Gasteiger partial charge on any atom is 0.323 e. The van der Waals surface area contributed by atoms with Crippen LogP contribution in [0, 0.1) is 5.92 Å². The van der Waals surface area contributed by atoms with Crippen molar-refractivity contribution >= 4 is 5.97 Å². The molecular weight excluding hydrogens is 258 g/mol.